The van der Waals surface area contributed by atoms with Crippen LogP contribution in [0.3, 0.4) is 0 Å². The Kier molecular flexibility index (Phi) is 4.96. The van der Waals surface area contributed by atoms with Crippen LogP contribution in [0.15, 0.2) is 54.6 Å². The minimum Gasteiger partial charge on any atom is -0.481 e. The van der Waals surface area contributed by atoms with Gasteiger partial charge in [-0.3, -0.25) is 4.79 Å². The zero-order valence-electron chi connectivity index (χ0n) is 10.4. The van der Waals surface area contributed by atoms with Crippen molar-refractivity contribution in [3.63, 3.8) is 0 Å². The van der Waals surface area contributed by atoms with E-state index in [9.17, 15) is 9.90 Å². The lowest BCUT2D eigenvalue weighted by Gasteiger charge is -2.12. The molecule has 1 atom stereocenters. The number of hydrogen-bond acceptors (Lipinski definition) is 1. The van der Waals surface area contributed by atoms with Gasteiger partial charge in [-0.05, 0) is 58.7 Å². The van der Waals surface area contributed by atoms with Crippen molar-refractivity contribution in [3.05, 3.63) is 69.3 Å². The number of halogens is 1. The zero-order valence-corrected chi connectivity index (χ0v) is 12.6. The Morgan fingerprint density at radius 1 is 0.947 bits per heavy atom. The van der Waals surface area contributed by atoms with Crippen LogP contribution in [0.25, 0.3) is 0 Å². The number of carboxylic acids is 1. The normalized spacial score (nSPS) is 12.1. The van der Waals surface area contributed by atoms with Gasteiger partial charge in [-0.15, -0.1) is 0 Å². The highest BCUT2D eigenvalue weighted by molar-refractivity contribution is 14.1. The second-order valence-corrected chi connectivity index (χ2v) is 5.80. The molecule has 2 nitrogen and oxygen atoms in total. The first-order valence-corrected chi connectivity index (χ1v) is 7.24. The Morgan fingerprint density at radius 2 is 1.47 bits per heavy atom. The van der Waals surface area contributed by atoms with Crippen LogP contribution >= 0.6 is 22.6 Å². The molecule has 1 N–H and O–H groups in total. The molecule has 0 saturated heterocycles. The van der Waals surface area contributed by atoms with E-state index < -0.39 is 5.97 Å². The van der Waals surface area contributed by atoms with Gasteiger partial charge in [0.05, 0.1) is 5.92 Å². The summed E-state index contributed by atoms with van der Waals surface area (Å²) in [7, 11) is 0. The fraction of sp³-hybridized carbons (Fsp3) is 0.188. The fourth-order valence-corrected chi connectivity index (χ4v) is 2.41. The lowest BCUT2D eigenvalue weighted by molar-refractivity contribution is -0.141. The number of carbonyl (C=O) groups is 1. The van der Waals surface area contributed by atoms with Gasteiger partial charge in [0.25, 0.3) is 0 Å². The third kappa shape index (κ3) is 4.35. The van der Waals surface area contributed by atoms with E-state index in [0.717, 1.165) is 14.7 Å². The summed E-state index contributed by atoms with van der Waals surface area (Å²) < 4.78 is 1.16. The van der Waals surface area contributed by atoms with Crippen LogP contribution in [-0.4, -0.2) is 11.1 Å². The van der Waals surface area contributed by atoms with Gasteiger partial charge in [-0.1, -0.05) is 42.5 Å². The Morgan fingerprint density at radius 3 is 2.00 bits per heavy atom. The van der Waals surface area contributed by atoms with Crippen molar-refractivity contribution in [2.24, 2.45) is 5.92 Å². The molecule has 98 valence electrons. The Balaban J connectivity index is 2.08. The fourth-order valence-electron chi connectivity index (χ4n) is 2.05. The number of aliphatic carboxylic acids is 1. The molecule has 3 heteroatoms. The van der Waals surface area contributed by atoms with Crippen molar-refractivity contribution < 1.29 is 9.90 Å². The molecular formula is C16H15IO2. The molecule has 0 saturated carbocycles. The monoisotopic (exact) mass is 366 g/mol. The molecule has 0 radical (unpaired) electrons. The van der Waals surface area contributed by atoms with Gasteiger partial charge in [0.2, 0.25) is 0 Å². The molecule has 2 rings (SSSR count). The second kappa shape index (κ2) is 6.70. The lowest BCUT2D eigenvalue weighted by atomic mass is 9.93. The molecular weight excluding hydrogens is 351 g/mol. The van der Waals surface area contributed by atoms with Crippen LogP contribution in [0.5, 0.6) is 0 Å². The summed E-state index contributed by atoms with van der Waals surface area (Å²) in [6.07, 6.45) is 1.14. The number of carboxylic acid groups (broad SMARTS) is 1. The van der Waals surface area contributed by atoms with E-state index >= 15 is 0 Å². The minimum absolute atomic E-state index is 0.373. The average Bonchev–Trinajstić information content (AvgIpc) is 2.41. The molecule has 0 aliphatic rings. The highest BCUT2D eigenvalue weighted by Gasteiger charge is 2.18. The molecule has 0 fully saturated rings. The predicted molar refractivity (Wildman–Crippen MR) is 84.1 cm³/mol. The van der Waals surface area contributed by atoms with Crippen molar-refractivity contribution in [3.8, 4) is 0 Å². The quantitative estimate of drug-likeness (QED) is 0.818. The number of hydrogen-bond donors (Lipinski definition) is 1. The lowest BCUT2D eigenvalue weighted by Crippen LogP contribution is -2.19. The van der Waals surface area contributed by atoms with Gasteiger partial charge < -0.3 is 5.11 Å². The zero-order chi connectivity index (χ0) is 13.7. The molecule has 2 aromatic carbocycles. The van der Waals surface area contributed by atoms with Crippen molar-refractivity contribution in [1.29, 1.82) is 0 Å². The third-order valence-electron chi connectivity index (χ3n) is 3.07. The van der Waals surface area contributed by atoms with Gasteiger partial charge in [-0.2, -0.15) is 0 Å². The van der Waals surface area contributed by atoms with Crippen LogP contribution in [0.1, 0.15) is 11.1 Å². The summed E-state index contributed by atoms with van der Waals surface area (Å²) in [5.74, 6) is -1.11. The smallest absolute Gasteiger partial charge is 0.307 e. The van der Waals surface area contributed by atoms with E-state index in [-0.39, 0.29) is 5.92 Å². The summed E-state index contributed by atoms with van der Waals surface area (Å²) in [6.45, 7) is 0. The van der Waals surface area contributed by atoms with Gasteiger partial charge in [-0.25, -0.2) is 0 Å². The first-order valence-electron chi connectivity index (χ1n) is 6.16. The Labute approximate surface area is 126 Å². The van der Waals surface area contributed by atoms with Gasteiger partial charge >= 0.3 is 5.97 Å². The molecule has 0 spiro atoms. The number of benzene rings is 2. The topological polar surface area (TPSA) is 37.3 Å². The van der Waals surface area contributed by atoms with E-state index in [1.165, 1.54) is 0 Å². The van der Waals surface area contributed by atoms with E-state index in [1.54, 1.807) is 0 Å². The van der Waals surface area contributed by atoms with Gasteiger partial charge in [0.1, 0.15) is 0 Å². The maximum absolute atomic E-state index is 11.4. The minimum atomic E-state index is -0.734. The second-order valence-electron chi connectivity index (χ2n) is 4.56. The molecule has 0 amide bonds. The van der Waals surface area contributed by atoms with Crippen LogP contribution in [0.2, 0.25) is 0 Å². The Hall–Kier alpha value is -1.36. The van der Waals surface area contributed by atoms with E-state index in [1.807, 2.05) is 54.6 Å². The standard InChI is InChI=1S/C16H15IO2/c17-15-8-6-13(7-9-15)11-14(16(18)19)10-12-4-2-1-3-5-12/h1-9,14H,10-11H2,(H,18,19). The first kappa shape index (κ1) is 14.1. The third-order valence-corrected chi connectivity index (χ3v) is 3.79. The van der Waals surface area contributed by atoms with Crippen LogP contribution in [0, 0.1) is 9.49 Å². The summed E-state index contributed by atoms with van der Waals surface area (Å²) in [6, 6.07) is 17.8. The molecule has 0 bridgehead atoms. The highest BCUT2D eigenvalue weighted by Crippen LogP contribution is 2.16. The summed E-state index contributed by atoms with van der Waals surface area (Å²) in [4.78, 5) is 11.4. The molecule has 19 heavy (non-hydrogen) atoms. The van der Waals surface area contributed by atoms with Crippen LogP contribution in [-0.2, 0) is 17.6 Å². The predicted octanol–water partition coefficient (Wildman–Crippen LogP) is 3.78. The molecule has 0 aliphatic carbocycles. The molecule has 2 aromatic rings. The maximum atomic E-state index is 11.4. The molecule has 0 aromatic heterocycles. The maximum Gasteiger partial charge on any atom is 0.307 e. The number of rotatable bonds is 5. The SMILES string of the molecule is O=C(O)C(Cc1ccccc1)Cc1ccc(I)cc1. The van der Waals surface area contributed by atoms with Crippen LogP contribution < -0.4 is 0 Å². The molecule has 0 heterocycles. The van der Waals surface area contributed by atoms with E-state index in [2.05, 4.69) is 22.6 Å². The summed E-state index contributed by atoms with van der Waals surface area (Å²) in [5.41, 5.74) is 2.14. The highest BCUT2D eigenvalue weighted by atomic mass is 127. The van der Waals surface area contributed by atoms with Gasteiger partial charge in [0.15, 0.2) is 0 Å². The van der Waals surface area contributed by atoms with Crippen molar-refractivity contribution in [1.82, 2.24) is 0 Å². The van der Waals surface area contributed by atoms with E-state index in [0.29, 0.717) is 12.8 Å². The van der Waals surface area contributed by atoms with Crippen molar-refractivity contribution in [2.45, 2.75) is 12.8 Å². The summed E-state index contributed by atoms with van der Waals surface area (Å²) >= 11 is 2.25. The average molecular weight is 366 g/mol. The molecule has 0 aliphatic heterocycles. The largest absolute Gasteiger partial charge is 0.481 e. The molecule has 1 unspecified atom stereocenters. The van der Waals surface area contributed by atoms with Crippen LogP contribution in [0.4, 0.5) is 0 Å². The van der Waals surface area contributed by atoms with Crippen molar-refractivity contribution >= 4 is 28.6 Å². The first-order chi connectivity index (χ1) is 9.15. The van der Waals surface area contributed by atoms with E-state index in [4.69, 9.17) is 0 Å². The summed E-state index contributed by atoms with van der Waals surface area (Å²) in [5, 5.41) is 9.35. The Bertz CT molecular complexity index is 534. The van der Waals surface area contributed by atoms with Crippen molar-refractivity contribution in [2.75, 3.05) is 0 Å². The van der Waals surface area contributed by atoms with Gasteiger partial charge in [0, 0.05) is 3.57 Å².